The van der Waals surface area contributed by atoms with E-state index in [1.807, 2.05) is 20.8 Å². The number of hydrogen-bond donors (Lipinski definition) is 3. The van der Waals surface area contributed by atoms with Gasteiger partial charge in [-0.15, -0.1) is 0 Å². The zero-order valence-electron chi connectivity index (χ0n) is 13.1. The van der Waals surface area contributed by atoms with E-state index in [0.717, 1.165) is 0 Å². The highest BCUT2D eigenvalue weighted by molar-refractivity contribution is 5.90. The molecular formula is C13H25N3O5. The van der Waals surface area contributed by atoms with Gasteiger partial charge in [0.15, 0.2) is 6.04 Å². The minimum Gasteiger partial charge on any atom is -0.467 e. The van der Waals surface area contributed by atoms with Crippen molar-refractivity contribution in [2.75, 3.05) is 7.11 Å². The van der Waals surface area contributed by atoms with Crippen LogP contribution in [0.2, 0.25) is 0 Å². The topological polar surface area (TPSA) is 134 Å². The number of ether oxygens (including phenoxy) is 2. The number of hydrogen-bond acceptors (Lipinski definition) is 6. The summed E-state index contributed by atoms with van der Waals surface area (Å²) in [6, 6.07) is -2.16. The molecule has 1 unspecified atom stereocenters. The first-order valence-electron chi connectivity index (χ1n) is 6.58. The van der Waals surface area contributed by atoms with Gasteiger partial charge in [-0.25, -0.2) is 4.79 Å². The lowest BCUT2D eigenvalue weighted by Crippen LogP contribution is -2.55. The number of carbonyl (C=O) groups excluding carboxylic acids is 3. The second-order valence-electron chi connectivity index (χ2n) is 5.72. The Morgan fingerprint density at radius 3 is 2.14 bits per heavy atom. The Bertz CT molecular complexity index is 392. The number of rotatable bonds is 7. The highest BCUT2D eigenvalue weighted by atomic mass is 16.5. The van der Waals surface area contributed by atoms with Gasteiger partial charge >= 0.3 is 5.97 Å². The molecule has 0 saturated carbocycles. The van der Waals surface area contributed by atoms with Crippen LogP contribution in [0, 0.1) is 0 Å². The van der Waals surface area contributed by atoms with E-state index in [4.69, 9.17) is 16.2 Å². The van der Waals surface area contributed by atoms with Crippen LogP contribution in [0.5, 0.6) is 0 Å². The first kappa shape index (κ1) is 19.3. The third-order valence-corrected chi connectivity index (χ3v) is 2.52. The second kappa shape index (κ2) is 7.94. The first-order chi connectivity index (χ1) is 9.47. The van der Waals surface area contributed by atoms with Crippen molar-refractivity contribution in [3.05, 3.63) is 0 Å². The van der Waals surface area contributed by atoms with Gasteiger partial charge in [0.25, 0.3) is 0 Å². The van der Waals surface area contributed by atoms with Gasteiger partial charge in [-0.1, -0.05) is 0 Å². The highest BCUT2D eigenvalue weighted by Crippen LogP contribution is 2.14. The molecule has 0 aliphatic carbocycles. The third kappa shape index (κ3) is 7.62. The van der Waals surface area contributed by atoms with Crippen molar-refractivity contribution in [1.82, 2.24) is 5.32 Å². The zero-order valence-corrected chi connectivity index (χ0v) is 13.1. The number of carbonyl (C=O) groups is 3. The van der Waals surface area contributed by atoms with Crippen LogP contribution in [-0.2, 0) is 23.9 Å². The van der Waals surface area contributed by atoms with E-state index in [0.29, 0.717) is 0 Å². The summed E-state index contributed by atoms with van der Waals surface area (Å²) in [7, 11) is 1.20. The van der Waals surface area contributed by atoms with E-state index in [2.05, 4.69) is 10.1 Å². The van der Waals surface area contributed by atoms with Crippen LogP contribution >= 0.6 is 0 Å². The molecule has 0 bridgehead atoms. The summed E-state index contributed by atoms with van der Waals surface area (Å²) >= 11 is 0. The van der Waals surface area contributed by atoms with Crippen LogP contribution in [0.4, 0.5) is 0 Å². The number of esters is 1. The molecule has 5 N–H and O–H groups in total. The molecule has 0 rings (SSSR count). The number of methoxy groups -OCH3 is 1. The smallest absolute Gasteiger partial charge is 0.331 e. The summed E-state index contributed by atoms with van der Waals surface area (Å²) < 4.78 is 10.3. The van der Waals surface area contributed by atoms with Gasteiger partial charge in [0.2, 0.25) is 11.8 Å². The average molecular weight is 303 g/mol. The van der Waals surface area contributed by atoms with Gasteiger partial charge in [0.1, 0.15) is 0 Å². The van der Waals surface area contributed by atoms with Crippen LogP contribution in [0.25, 0.3) is 0 Å². The van der Waals surface area contributed by atoms with E-state index in [9.17, 15) is 14.4 Å². The van der Waals surface area contributed by atoms with Gasteiger partial charge in [0, 0.05) is 0 Å². The standard InChI is InChI=1S/C13H25N3O5/c1-7(21-13(2,3)4)10(12(19)20-5)16-11(18)8(14)6-9(15)17/h7-8,10H,6,14H2,1-5H3,(H2,15,17)(H,16,18)/t7?,8-,10-/m0/s1. The lowest BCUT2D eigenvalue weighted by atomic mass is 10.1. The largest absolute Gasteiger partial charge is 0.467 e. The van der Waals surface area contributed by atoms with Gasteiger partial charge in [0.05, 0.1) is 31.3 Å². The molecular weight excluding hydrogens is 278 g/mol. The van der Waals surface area contributed by atoms with Crippen molar-refractivity contribution < 1.29 is 23.9 Å². The maximum Gasteiger partial charge on any atom is 0.331 e. The Kier molecular flexibility index (Phi) is 7.31. The van der Waals surface area contributed by atoms with E-state index >= 15 is 0 Å². The average Bonchev–Trinajstić information content (AvgIpc) is 2.31. The summed E-state index contributed by atoms with van der Waals surface area (Å²) in [5.74, 6) is -2.04. The molecule has 122 valence electrons. The van der Waals surface area contributed by atoms with E-state index in [1.165, 1.54) is 7.11 Å². The molecule has 8 nitrogen and oxygen atoms in total. The number of nitrogens with two attached hydrogens (primary N) is 2. The molecule has 2 amide bonds. The van der Waals surface area contributed by atoms with Crippen molar-refractivity contribution in [1.29, 1.82) is 0 Å². The van der Waals surface area contributed by atoms with Crippen molar-refractivity contribution in [3.63, 3.8) is 0 Å². The number of nitrogens with one attached hydrogen (secondary N) is 1. The summed E-state index contributed by atoms with van der Waals surface area (Å²) in [4.78, 5) is 34.4. The second-order valence-corrected chi connectivity index (χ2v) is 5.72. The van der Waals surface area contributed by atoms with Gasteiger partial charge in [-0.05, 0) is 27.7 Å². The number of primary amides is 1. The third-order valence-electron chi connectivity index (χ3n) is 2.52. The Morgan fingerprint density at radius 1 is 1.24 bits per heavy atom. The maximum atomic E-state index is 11.9. The van der Waals surface area contributed by atoms with Crippen LogP contribution in [0.15, 0.2) is 0 Å². The summed E-state index contributed by atoms with van der Waals surface area (Å²) in [6.07, 6.45) is -0.948. The molecule has 0 aliphatic rings. The molecule has 0 spiro atoms. The van der Waals surface area contributed by atoms with Gasteiger partial charge in [-0.2, -0.15) is 0 Å². The fourth-order valence-corrected chi connectivity index (χ4v) is 1.69. The molecule has 0 aromatic rings. The molecule has 0 aliphatic heterocycles. The molecule has 0 aromatic carbocycles. The molecule has 0 radical (unpaired) electrons. The highest BCUT2D eigenvalue weighted by Gasteiger charge is 2.32. The maximum absolute atomic E-state index is 11.9. The molecule has 0 fully saturated rings. The summed E-state index contributed by atoms with van der Waals surface area (Å²) in [5.41, 5.74) is 10.00. The molecule has 21 heavy (non-hydrogen) atoms. The van der Waals surface area contributed by atoms with Gasteiger partial charge in [-0.3, -0.25) is 9.59 Å². The Balaban J connectivity index is 4.89. The van der Waals surface area contributed by atoms with Crippen LogP contribution < -0.4 is 16.8 Å². The minimum atomic E-state index is -1.13. The van der Waals surface area contributed by atoms with Crippen molar-refractivity contribution in [2.24, 2.45) is 11.5 Å². The Morgan fingerprint density at radius 2 is 1.76 bits per heavy atom. The van der Waals surface area contributed by atoms with Crippen LogP contribution in [-0.4, -0.2) is 48.7 Å². The summed E-state index contributed by atoms with van der Waals surface area (Å²) in [6.45, 7) is 7.09. The van der Waals surface area contributed by atoms with E-state index in [-0.39, 0.29) is 6.42 Å². The predicted octanol–water partition coefficient (Wildman–Crippen LogP) is -0.949. The monoisotopic (exact) mass is 303 g/mol. The normalized spacial score (nSPS) is 15.7. The molecule has 0 heterocycles. The van der Waals surface area contributed by atoms with Gasteiger partial charge < -0.3 is 26.3 Å². The Hall–Kier alpha value is -1.67. The van der Waals surface area contributed by atoms with Crippen molar-refractivity contribution >= 4 is 17.8 Å². The molecule has 8 heteroatoms. The van der Waals surface area contributed by atoms with Crippen LogP contribution in [0.1, 0.15) is 34.1 Å². The zero-order chi connectivity index (χ0) is 16.8. The number of amides is 2. The predicted molar refractivity (Wildman–Crippen MR) is 76.0 cm³/mol. The van der Waals surface area contributed by atoms with E-state index in [1.54, 1.807) is 6.92 Å². The van der Waals surface area contributed by atoms with E-state index < -0.39 is 41.6 Å². The first-order valence-corrected chi connectivity index (χ1v) is 6.58. The minimum absolute atomic E-state index is 0.311. The fourth-order valence-electron chi connectivity index (χ4n) is 1.69. The molecule has 3 atom stereocenters. The van der Waals surface area contributed by atoms with Crippen molar-refractivity contribution in [3.8, 4) is 0 Å². The summed E-state index contributed by atoms with van der Waals surface area (Å²) in [5, 5.41) is 2.42. The Labute approximate surface area is 124 Å². The van der Waals surface area contributed by atoms with Crippen molar-refractivity contribution in [2.45, 2.75) is 57.9 Å². The lowest BCUT2D eigenvalue weighted by molar-refractivity contribution is -0.153. The lowest BCUT2D eigenvalue weighted by Gasteiger charge is -2.30. The SMILES string of the molecule is COC(=O)[C@@H](NC(=O)[C@@H](N)CC(N)=O)C(C)OC(C)(C)C. The molecule has 0 aromatic heterocycles. The van der Waals surface area contributed by atoms with Crippen LogP contribution in [0.3, 0.4) is 0 Å². The molecule has 0 saturated heterocycles. The quantitative estimate of drug-likeness (QED) is 0.519. The fraction of sp³-hybridized carbons (Fsp3) is 0.769.